The minimum Gasteiger partial charge on any atom is -0.484 e. The van der Waals surface area contributed by atoms with Gasteiger partial charge in [-0.05, 0) is 68.6 Å². The lowest BCUT2D eigenvalue weighted by Gasteiger charge is -2.17. The fourth-order valence-corrected chi connectivity index (χ4v) is 3.42. The SMILES string of the molecule is CCNC(=NCC(CCO)CC(C)C)NCCc1ccc(OCC(=O)NC2CC2)cc1.I. The zero-order chi connectivity index (χ0) is 22.5. The fourth-order valence-electron chi connectivity index (χ4n) is 3.42. The van der Waals surface area contributed by atoms with Crippen molar-refractivity contribution in [2.24, 2.45) is 16.8 Å². The van der Waals surface area contributed by atoms with E-state index in [1.165, 1.54) is 5.56 Å². The van der Waals surface area contributed by atoms with Gasteiger partial charge in [0.2, 0.25) is 0 Å². The Hall–Kier alpha value is -1.55. The molecule has 1 unspecified atom stereocenters. The summed E-state index contributed by atoms with van der Waals surface area (Å²) in [4.78, 5) is 16.4. The van der Waals surface area contributed by atoms with Crippen molar-refractivity contribution in [3.8, 4) is 5.75 Å². The molecule has 1 atom stereocenters. The Morgan fingerprint density at radius 2 is 1.94 bits per heavy atom. The molecular formula is C24H41IN4O3. The van der Waals surface area contributed by atoms with E-state index in [-0.39, 0.29) is 43.1 Å². The summed E-state index contributed by atoms with van der Waals surface area (Å²) in [5.74, 6) is 2.47. The summed E-state index contributed by atoms with van der Waals surface area (Å²) in [5, 5.41) is 18.9. The smallest absolute Gasteiger partial charge is 0.258 e. The molecule has 4 N–H and O–H groups in total. The van der Waals surface area contributed by atoms with Crippen LogP contribution in [0.4, 0.5) is 0 Å². The summed E-state index contributed by atoms with van der Waals surface area (Å²) >= 11 is 0. The van der Waals surface area contributed by atoms with Crippen molar-refractivity contribution in [2.75, 3.05) is 32.8 Å². The normalized spacial score (nSPS) is 14.5. The number of carbonyl (C=O) groups is 1. The number of aliphatic hydroxyl groups is 1. The first-order valence-corrected chi connectivity index (χ1v) is 11.6. The molecule has 1 aromatic carbocycles. The zero-order valence-electron chi connectivity index (χ0n) is 19.7. The van der Waals surface area contributed by atoms with Crippen LogP contribution in [0.2, 0.25) is 0 Å². The van der Waals surface area contributed by atoms with Gasteiger partial charge < -0.3 is 25.8 Å². The number of benzene rings is 1. The van der Waals surface area contributed by atoms with Gasteiger partial charge in [-0.2, -0.15) is 0 Å². The summed E-state index contributed by atoms with van der Waals surface area (Å²) in [7, 11) is 0. The molecule has 0 saturated heterocycles. The first-order chi connectivity index (χ1) is 15.0. The molecule has 32 heavy (non-hydrogen) atoms. The molecule has 0 aliphatic heterocycles. The summed E-state index contributed by atoms with van der Waals surface area (Å²) in [6.45, 7) is 9.03. The minimum atomic E-state index is -0.0550. The van der Waals surface area contributed by atoms with Gasteiger partial charge in [0.05, 0.1) is 0 Å². The van der Waals surface area contributed by atoms with Gasteiger partial charge in [-0.1, -0.05) is 26.0 Å². The topological polar surface area (TPSA) is 95.0 Å². The lowest BCUT2D eigenvalue weighted by Crippen LogP contribution is -2.38. The second-order valence-corrected chi connectivity index (χ2v) is 8.68. The van der Waals surface area contributed by atoms with Crippen LogP contribution < -0.4 is 20.7 Å². The van der Waals surface area contributed by atoms with Gasteiger partial charge in [0.15, 0.2) is 12.6 Å². The molecule has 1 aliphatic rings. The van der Waals surface area contributed by atoms with E-state index < -0.39 is 0 Å². The number of aliphatic hydroxyl groups excluding tert-OH is 1. The van der Waals surface area contributed by atoms with Gasteiger partial charge in [-0.15, -0.1) is 24.0 Å². The Morgan fingerprint density at radius 1 is 1.22 bits per heavy atom. The molecule has 0 spiro atoms. The molecule has 0 aromatic heterocycles. The average Bonchev–Trinajstić information content (AvgIpc) is 3.55. The fraction of sp³-hybridized carbons (Fsp3) is 0.667. The van der Waals surface area contributed by atoms with Crippen molar-refractivity contribution < 1.29 is 14.6 Å². The Labute approximate surface area is 210 Å². The second kappa shape index (κ2) is 16.1. The van der Waals surface area contributed by atoms with Crippen LogP contribution >= 0.6 is 24.0 Å². The molecule has 7 nitrogen and oxygen atoms in total. The predicted octanol–water partition coefficient (Wildman–Crippen LogP) is 3.10. The van der Waals surface area contributed by atoms with E-state index in [1.807, 2.05) is 24.3 Å². The summed E-state index contributed by atoms with van der Waals surface area (Å²) < 4.78 is 5.55. The highest BCUT2D eigenvalue weighted by atomic mass is 127. The maximum Gasteiger partial charge on any atom is 0.258 e. The molecule has 1 fully saturated rings. The molecule has 0 bridgehead atoms. The number of rotatable bonds is 14. The number of nitrogens with one attached hydrogen (secondary N) is 3. The largest absolute Gasteiger partial charge is 0.484 e. The highest BCUT2D eigenvalue weighted by Crippen LogP contribution is 2.18. The number of nitrogens with zero attached hydrogens (tertiary/aromatic N) is 1. The van der Waals surface area contributed by atoms with Crippen LogP contribution in [0, 0.1) is 11.8 Å². The second-order valence-electron chi connectivity index (χ2n) is 8.68. The van der Waals surface area contributed by atoms with E-state index in [1.54, 1.807) is 0 Å². The number of guanidine groups is 1. The molecule has 182 valence electrons. The predicted molar refractivity (Wildman–Crippen MR) is 141 cm³/mol. The Bertz CT molecular complexity index is 678. The van der Waals surface area contributed by atoms with Gasteiger partial charge in [0, 0.05) is 32.3 Å². The zero-order valence-corrected chi connectivity index (χ0v) is 22.1. The number of halogens is 1. The van der Waals surface area contributed by atoms with E-state index in [0.717, 1.165) is 51.2 Å². The third-order valence-electron chi connectivity index (χ3n) is 5.14. The van der Waals surface area contributed by atoms with Crippen LogP contribution in [0.1, 0.15) is 52.0 Å². The van der Waals surface area contributed by atoms with E-state index in [0.29, 0.717) is 30.2 Å². The molecule has 1 aromatic rings. The van der Waals surface area contributed by atoms with Crippen LogP contribution in [0.15, 0.2) is 29.3 Å². The number of hydrogen-bond acceptors (Lipinski definition) is 4. The lowest BCUT2D eigenvalue weighted by atomic mass is 9.94. The standard InChI is InChI=1S/C24H40N4O3.HI/c1-4-25-24(27-16-20(12-14-29)15-18(2)3)26-13-11-19-5-9-22(10-6-19)31-17-23(30)28-21-7-8-21;/h5-6,9-10,18,20-21,29H,4,7-8,11-17H2,1-3H3,(H,28,30)(H2,25,26,27);1H. The molecule has 1 amide bonds. The Balaban J connectivity index is 0.00000512. The van der Waals surface area contributed by atoms with Crippen molar-refractivity contribution in [2.45, 2.75) is 58.9 Å². The van der Waals surface area contributed by atoms with Crippen LogP contribution in [-0.2, 0) is 11.2 Å². The number of amides is 1. The number of ether oxygens (including phenoxy) is 1. The van der Waals surface area contributed by atoms with Gasteiger partial charge >= 0.3 is 0 Å². The van der Waals surface area contributed by atoms with E-state index in [2.05, 4.69) is 36.7 Å². The maximum atomic E-state index is 11.7. The highest BCUT2D eigenvalue weighted by Gasteiger charge is 2.23. The van der Waals surface area contributed by atoms with Crippen LogP contribution in [0.25, 0.3) is 0 Å². The summed E-state index contributed by atoms with van der Waals surface area (Å²) in [6.07, 6.45) is 4.88. The van der Waals surface area contributed by atoms with Gasteiger partial charge in [0.25, 0.3) is 5.91 Å². The van der Waals surface area contributed by atoms with E-state index >= 15 is 0 Å². The summed E-state index contributed by atoms with van der Waals surface area (Å²) in [5.41, 5.74) is 1.19. The van der Waals surface area contributed by atoms with Crippen LogP contribution in [-0.4, -0.2) is 55.9 Å². The third kappa shape index (κ3) is 12.5. The van der Waals surface area contributed by atoms with Crippen LogP contribution in [0.5, 0.6) is 5.75 Å². The van der Waals surface area contributed by atoms with Crippen molar-refractivity contribution in [3.63, 3.8) is 0 Å². The highest BCUT2D eigenvalue weighted by molar-refractivity contribution is 14.0. The quantitative estimate of drug-likeness (QED) is 0.159. The van der Waals surface area contributed by atoms with Gasteiger partial charge in [-0.3, -0.25) is 9.79 Å². The Morgan fingerprint density at radius 3 is 2.53 bits per heavy atom. The van der Waals surface area contributed by atoms with E-state index in [9.17, 15) is 9.90 Å². The molecule has 1 aliphatic carbocycles. The molecular weight excluding hydrogens is 519 g/mol. The average molecular weight is 561 g/mol. The van der Waals surface area contributed by atoms with Gasteiger partial charge in [-0.25, -0.2) is 0 Å². The van der Waals surface area contributed by atoms with Gasteiger partial charge in [0.1, 0.15) is 5.75 Å². The number of hydrogen-bond donors (Lipinski definition) is 4. The lowest BCUT2D eigenvalue weighted by molar-refractivity contribution is -0.123. The molecule has 0 radical (unpaired) electrons. The molecule has 1 saturated carbocycles. The summed E-state index contributed by atoms with van der Waals surface area (Å²) in [6, 6.07) is 8.23. The monoisotopic (exact) mass is 560 g/mol. The van der Waals surface area contributed by atoms with Crippen molar-refractivity contribution in [1.82, 2.24) is 16.0 Å². The Kier molecular flexibility index (Phi) is 14.4. The van der Waals surface area contributed by atoms with Crippen molar-refractivity contribution in [3.05, 3.63) is 29.8 Å². The molecule has 8 heteroatoms. The van der Waals surface area contributed by atoms with Crippen LogP contribution in [0.3, 0.4) is 0 Å². The first kappa shape index (κ1) is 28.5. The molecule has 0 heterocycles. The molecule has 2 rings (SSSR count). The van der Waals surface area contributed by atoms with Crippen molar-refractivity contribution >= 4 is 35.8 Å². The minimum absolute atomic E-state index is 0. The number of aliphatic imine (C=N–C) groups is 1. The maximum absolute atomic E-state index is 11.7. The van der Waals surface area contributed by atoms with Crippen molar-refractivity contribution in [1.29, 1.82) is 0 Å². The van der Waals surface area contributed by atoms with E-state index in [4.69, 9.17) is 9.73 Å². The number of carbonyl (C=O) groups excluding carboxylic acids is 1. The third-order valence-corrected chi connectivity index (χ3v) is 5.14. The first-order valence-electron chi connectivity index (χ1n) is 11.6.